The van der Waals surface area contributed by atoms with Gasteiger partial charge in [-0.3, -0.25) is 4.79 Å². The Balaban J connectivity index is 1.78. The van der Waals surface area contributed by atoms with Crippen molar-refractivity contribution in [3.05, 3.63) is 36.0 Å². The minimum absolute atomic E-state index is 0.0972. The van der Waals surface area contributed by atoms with Crippen LogP contribution in [0.3, 0.4) is 0 Å². The lowest BCUT2D eigenvalue weighted by Gasteiger charge is -2.43. The largest absolute Gasteiger partial charge is 0.372 e. The van der Waals surface area contributed by atoms with Crippen LogP contribution in [0.5, 0.6) is 0 Å². The maximum atomic E-state index is 12.3. The van der Waals surface area contributed by atoms with E-state index in [4.69, 9.17) is 4.74 Å². The van der Waals surface area contributed by atoms with Crippen LogP contribution >= 0.6 is 0 Å². The molecule has 0 spiro atoms. The fraction of sp³-hybridized carbons (Fsp3) is 0.708. The lowest BCUT2D eigenvalue weighted by atomic mass is 9.66. The molecule has 2 nitrogen and oxygen atoms in total. The van der Waals surface area contributed by atoms with Crippen LogP contribution in [0.2, 0.25) is 0 Å². The summed E-state index contributed by atoms with van der Waals surface area (Å²) >= 11 is 0. The van der Waals surface area contributed by atoms with Crippen LogP contribution < -0.4 is 0 Å². The number of carbonyl (C=O) groups is 1. The molecule has 3 aliphatic rings. The number of allylic oxidation sites excluding steroid dienone is 6. The van der Waals surface area contributed by atoms with E-state index in [0.29, 0.717) is 30.1 Å². The van der Waals surface area contributed by atoms with E-state index in [1.165, 1.54) is 6.42 Å². The Bertz CT molecular complexity index is 644. The molecule has 0 heterocycles. The predicted octanol–water partition coefficient (Wildman–Crippen LogP) is 6.03. The molecule has 3 rings (SSSR count). The molecule has 3 aliphatic carbocycles. The van der Waals surface area contributed by atoms with Gasteiger partial charge in [-0.25, -0.2) is 0 Å². The van der Waals surface area contributed by atoms with Crippen molar-refractivity contribution in [3.63, 3.8) is 0 Å². The summed E-state index contributed by atoms with van der Waals surface area (Å²) in [6, 6.07) is 0. The Morgan fingerprint density at radius 2 is 1.92 bits per heavy atom. The quantitative estimate of drug-likeness (QED) is 0.577. The van der Waals surface area contributed by atoms with Crippen molar-refractivity contribution in [1.82, 2.24) is 0 Å². The molecule has 0 radical (unpaired) electrons. The lowest BCUT2D eigenvalue weighted by Crippen LogP contribution is -2.41. The number of rotatable bonds is 3. The summed E-state index contributed by atoms with van der Waals surface area (Å²) in [5, 5.41) is 0. The first-order valence-electron chi connectivity index (χ1n) is 10.3. The molecule has 0 saturated heterocycles. The van der Waals surface area contributed by atoms with Gasteiger partial charge in [-0.15, -0.1) is 0 Å². The van der Waals surface area contributed by atoms with Gasteiger partial charge >= 0.3 is 0 Å². The highest BCUT2D eigenvalue weighted by molar-refractivity contribution is 5.98. The monoisotopic (exact) mass is 356 g/mol. The smallest absolute Gasteiger partial charge is 0.162 e. The third-order valence-corrected chi connectivity index (χ3v) is 6.56. The van der Waals surface area contributed by atoms with Gasteiger partial charge in [-0.2, -0.15) is 0 Å². The van der Waals surface area contributed by atoms with E-state index >= 15 is 0 Å². The first-order chi connectivity index (χ1) is 12.0. The number of fused-ring (bicyclic) bond motifs is 1. The summed E-state index contributed by atoms with van der Waals surface area (Å²) in [5.74, 6) is 1.30. The van der Waals surface area contributed by atoms with Gasteiger partial charge in [0, 0.05) is 17.4 Å². The summed E-state index contributed by atoms with van der Waals surface area (Å²) in [6.45, 7) is 13.3. The normalized spacial score (nSPS) is 37.1. The molecular formula is C24H36O2. The van der Waals surface area contributed by atoms with Crippen molar-refractivity contribution < 1.29 is 9.53 Å². The van der Waals surface area contributed by atoms with Gasteiger partial charge in [0.25, 0.3) is 0 Å². The number of hydrogen-bond acceptors (Lipinski definition) is 2. The molecule has 1 fully saturated rings. The molecule has 0 amide bonds. The second-order valence-corrected chi connectivity index (χ2v) is 10.5. The number of carbonyl (C=O) groups excluding carboxylic acids is 1. The minimum Gasteiger partial charge on any atom is -0.372 e. The Hall–Kier alpha value is -1.15. The Morgan fingerprint density at radius 3 is 2.62 bits per heavy atom. The topological polar surface area (TPSA) is 26.3 Å². The number of hydrogen-bond donors (Lipinski definition) is 0. The second-order valence-electron chi connectivity index (χ2n) is 10.5. The summed E-state index contributed by atoms with van der Waals surface area (Å²) in [7, 11) is 0. The van der Waals surface area contributed by atoms with Crippen LogP contribution in [0.25, 0.3) is 0 Å². The molecule has 144 valence electrons. The molecule has 2 heteroatoms. The lowest BCUT2D eigenvalue weighted by molar-refractivity contribution is -0.116. The molecule has 0 bridgehead atoms. The van der Waals surface area contributed by atoms with Crippen molar-refractivity contribution >= 4 is 5.78 Å². The maximum absolute atomic E-state index is 12.3. The van der Waals surface area contributed by atoms with E-state index < -0.39 is 0 Å². The van der Waals surface area contributed by atoms with Gasteiger partial charge in [-0.05, 0) is 63.7 Å². The van der Waals surface area contributed by atoms with Crippen LogP contribution in [0, 0.1) is 22.7 Å². The molecule has 26 heavy (non-hydrogen) atoms. The van der Waals surface area contributed by atoms with Crippen molar-refractivity contribution in [2.24, 2.45) is 22.7 Å². The molecule has 0 aliphatic heterocycles. The SMILES string of the molecule is CC1(C)C=C(/C=C/[C@@H]2C=CC[C@]3(C)[C@@H](OC(C)(C)C)CC[C@@H]23)C(=O)CC1. The number of Topliss-reactive ketones (excluding diaryl/α,β-unsaturated/α-hetero) is 1. The van der Waals surface area contributed by atoms with Gasteiger partial charge < -0.3 is 4.74 Å². The summed E-state index contributed by atoms with van der Waals surface area (Å²) in [4.78, 5) is 12.3. The summed E-state index contributed by atoms with van der Waals surface area (Å²) < 4.78 is 6.43. The van der Waals surface area contributed by atoms with E-state index in [9.17, 15) is 4.79 Å². The Labute approximate surface area is 159 Å². The Morgan fingerprint density at radius 1 is 1.19 bits per heavy atom. The maximum Gasteiger partial charge on any atom is 0.162 e. The molecular weight excluding hydrogens is 320 g/mol. The molecule has 4 atom stereocenters. The van der Waals surface area contributed by atoms with Crippen LogP contribution in [0.15, 0.2) is 36.0 Å². The number of ketones is 1. The number of ether oxygens (including phenoxy) is 1. The summed E-state index contributed by atoms with van der Waals surface area (Å²) in [6.07, 6.45) is 16.6. The average Bonchev–Trinajstić information content (AvgIpc) is 2.84. The van der Waals surface area contributed by atoms with Crippen molar-refractivity contribution in [3.8, 4) is 0 Å². The highest BCUT2D eigenvalue weighted by Crippen LogP contribution is 2.54. The first-order valence-corrected chi connectivity index (χ1v) is 10.3. The Kier molecular flexibility index (Phi) is 5.11. The van der Waals surface area contributed by atoms with E-state index in [-0.39, 0.29) is 16.4 Å². The second kappa shape index (κ2) is 6.78. The average molecular weight is 357 g/mol. The summed E-state index contributed by atoms with van der Waals surface area (Å²) in [5.41, 5.74) is 1.13. The minimum atomic E-state index is -0.0972. The fourth-order valence-electron chi connectivity index (χ4n) is 5.09. The van der Waals surface area contributed by atoms with E-state index in [0.717, 1.165) is 24.8 Å². The van der Waals surface area contributed by atoms with Crippen LogP contribution in [0.4, 0.5) is 0 Å². The van der Waals surface area contributed by atoms with Crippen molar-refractivity contribution in [2.45, 2.75) is 85.4 Å². The standard InChI is InChI=1S/C24H36O2/c1-22(2,3)26-21-12-11-19-17(8-7-14-24(19,21)6)9-10-18-16-23(4,5)15-13-20(18)25/h7-10,16-17,19,21H,11-15H2,1-6H3/b10-9+/t17-,19-,21-,24-/m0/s1. The van der Waals surface area contributed by atoms with Gasteiger partial charge in [-0.1, -0.05) is 51.2 Å². The zero-order valence-electron chi connectivity index (χ0n) is 17.5. The molecule has 0 unspecified atom stereocenters. The molecule has 1 saturated carbocycles. The highest BCUT2D eigenvalue weighted by atomic mass is 16.5. The zero-order valence-corrected chi connectivity index (χ0v) is 17.5. The molecule has 0 aromatic carbocycles. The van der Waals surface area contributed by atoms with E-state index in [2.05, 4.69) is 71.9 Å². The first kappa shape index (κ1) is 19.6. The van der Waals surface area contributed by atoms with Gasteiger partial charge in [0.2, 0.25) is 0 Å². The van der Waals surface area contributed by atoms with Crippen LogP contribution in [-0.2, 0) is 9.53 Å². The van der Waals surface area contributed by atoms with Gasteiger partial charge in [0.1, 0.15) is 0 Å². The molecule has 0 aromatic heterocycles. The fourth-order valence-corrected chi connectivity index (χ4v) is 5.09. The predicted molar refractivity (Wildman–Crippen MR) is 108 cm³/mol. The zero-order chi connectivity index (χ0) is 19.2. The highest BCUT2D eigenvalue weighted by Gasteiger charge is 2.50. The third kappa shape index (κ3) is 4.06. The van der Waals surface area contributed by atoms with Gasteiger partial charge in [0.15, 0.2) is 5.78 Å². The van der Waals surface area contributed by atoms with Crippen LogP contribution in [0.1, 0.15) is 73.6 Å². The van der Waals surface area contributed by atoms with E-state index in [1.54, 1.807) is 0 Å². The van der Waals surface area contributed by atoms with Crippen molar-refractivity contribution in [2.75, 3.05) is 0 Å². The van der Waals surface area contributed by atoms with Gasteiger partial charge in [0.05, 0.1) is 11.7 Å². The van der Waals surface area contributed by atoms with Crippen molar-refractivity contribution in [1.29, 1.82) is 0 Å². The van der Waals surface area contributed by atoms with E-state index in [1.807, 2.05) is 0 Å². The third-order valence-electron chi connectivity index (χ3n) is 6.56. The van der Waals surface area contributed by atoms with Crippen LogP contribution in [-0.4, -0.2) is 17.5 Å². The molecule has 0 aromatic rings. The molecule has 0 N–H and O–H groups in total.